The van der Waals surface area contributed by atoms with Crippen LogP contribution < -0.4 is 9.64 Å². The maximum atomic E-state index is 6.19. The Morgan fingerprint density at radius 1 is 1.19 bits per heavy atom. The van der Waals surface area contributed by atoms with Crippen molar-refractivity contribution in [1.29, 1.82) is 0 Å². The summed E-state index contributed by atoms with van der Waals surface area (Å²) >= 11 is 7.77. The second-order valence-electron chi connectivity index (χ2n) is 4.62. The van der Waals surface area contributed by atoms with Crippen LogP contribution in [-0.4, -0.2) is 24.1 Å². The molecule has 0 atom stereocenters. The predicted molar refractivity (Wildman–Crippen MR) is 87.5 cm³/mol. The van der Waals surface area contributed by atoms with Gasteiger partial charge in [0.25, 0.3) is 0 Å². The van der Waals surface area contributed by atoms with Crippen molar-refractivity contribution in [2.75, 3.05) is 19.1 Å². The van der Waals surface area contributed by atoms with Crippen LogP contribution in [0.2, 0.25) is 5.15 Å². The van der Waals surface area contributed by atoms with Crippen LogP contribution in [0.1, 0.15) is 5.82 Å². The topological polar surface area (TPSA) is 38.2 Å². The molecule has 2 aromatic heterocycles. The predicted octanol–water partition coefficient (Wildman–Crippen LogP) is 3.99. The number of anilines is 1. The van der Waals surface area contributed by atoms with Gasteiger partial charge in [-0.3, -0.25) is 0 Å². The number of thiophene rings is 1. The first-order valence-electron chi connectivity index (χ1n) is 6.42. The summed E-state index contributed by atoms with van der Waals surface area (Å²) in [5.74, 6) is 1.56. The van der Waals surface area contributed by atoms with E-state index in [4.69, 9.17) is 16.3 Å². The van der Waals surface area contributed by atoms with Crippen LogP contribution in [0.15, 0.2) is 35.7 Å². The molecule has 0 N–H and O–H groups in total. The summed E-state index contributed by atoms with van der Waals surface area (Å²) in [6.45, 7) is 0.597. The minimum atomic E-state index is 0.513. The van der Waals surface area contributed by atoms with Crippen molar-refractivity contribution >= 4 is 38.8 Å². The molecule has 3 aromatic rings. The van der Waals surface area contributed by atoms with E-state index in [2.05, 4.69) is 14.9 Å². The third kappa shape index (κ3) is 2.94. The number of hydrogen-bond acceptors (Lipinski definition) is 5. The summed E-state index contributed by atoms with van der Waals surface area (Å²) in [5, 5.41) is 3.40. The Balaban J connectivity index is 1.83. The Bertz CT molecular complexity index is 757. The van der Waals surface area contributed by atoms with E-state index < -0.39 is 0 Å². The molecule has 0 aliphatic carbocycles. The number of fused-ring (bicyclic) bond motifs is 1. The molecule has 0 fully saturated rings. The van der Waals surface area contributed by atoms with Gasteiger partial charge in [0.1, 0.15) is 15.7 Å². The molecule has 0 unspecified atom stereocenters. The first-order valence-corrected chi connectivity index (χ1v) is 7.68. The minimum absolute atomic E-state index is 0.513. The lowest BCUT2D eigenvalue weighted by molar-refractivity contribution is 0.415. The third-order valence-corrected chi connectivity index (χ3v) is 4.31. The Hall–Kier alpha value is -1.85. The largest absolute Gasteiger partial charge is 0.497 e. The molecule has 0 saturated carbocycles. The van der Waals surface area contributed by atoms with Gasteiger partial charge >= 0.3 is 0 Å². The SMILES string of the molecule is COc1ccc(N(C)Cc2nc(Cl)c3ccsc3n2)cc1. The second-order valence-corrected chi connectivity index (χ2v) is 5.88. The summed E-state index contributed by atoms with van der Waals surface area (Å²) in [6.07, 6.45) is 0. The van der Waals surface area contributed by atoms with Gasteiger partial charge in [0.15, 0.2) is 5.82 Å². The van der Waals surface area contributed by atoms with E-state index >= 15 is 0 Å². The third-order valence-electron chi connectivity index (χ3n) is 3.22. The van der Waals surface area contributed by atoms with Crippen LogP contribution in [-0.2, 0) is 6.54 Å². The number of halogens is 1. The Morgan fingerprint density at radius 2 is 1.95 bits per heavy atom. The molecule has 6 heteroatoms. The fourth-order valence-corrected chi connectivity index (χ4v) is 3.16. The normalized spacial score (nSPS) is 10.8. The van der Waals surface area contributed by atoms with Crippen LogP contribution >= 0.6 is 22.9 Å². The quantitative estimate of drug-likeness (QED) is 0.682. The van der Waals surface area contributed by atoms with Gasteiger partial charge in [-0.25, -0.2) is 9.97 Å². The average Bonchev–Trinajstić information content (AvgIpc) is 2.96. The van der Waals surface area contributed by atoms with Crippen LogP contribution in [0.5, 0.6) is 5.75 Å². The van der Waals surface area contributed by atoms with E-state index in [1.807, 2.05) is 42.8 Å². The first kappa shape index (κ1) is 14.1. The van der Waals surface area contributed by atoms with Crippen molar-refractivity contribution in [2.45, 2.75) is 6.54 Å². The number of benzene rings is 1. The molecule has 2 heterocycles. The van der Waals surface area contributed by atoms with Gasteiger partial charge in [-0.2, -0.15) is 0 Å². The van der Waals surface area contributed by atoms with Crippen LogP contribution in [0.25, 0.3) is 10.2 Å². The highest BCUT2D eigenvalue weighted by molar-refractivity contribution is 7.16. The molecule has 0 aliphatic heterocycles. The lowest BCUT2D eigenvalue weighted by Gasteiger charge is -2.18. The van der Waals surface area contributed by atoms with Crippen LogP contribution in [0.4, 0.5) is 5.69 Å². The highest BCUT2D eigenvalue weighted by Gasteiger charge is 2.09. The van der Waals surface area contributed by atoms with Crippen LogP contribution in [0.3, 0.4) is 0 Å². The van der Waals surface area contributed by atoms with Crippen molar-refractivity contribution in [2.24, 2.45) is 0 Å². The lowest BCUT2D eigenvalue weighted by Crippen LogP contribution is -2.18. The van der Waals surface area contributed by atoms with Gasteiger partial charge in [-0.15, -0.1) is 11.3 Å². The maximum Gasteiger partial charge on any atom is 0.151 e. The van der Waals surface area contributed by atoms with Gasteiger partial charge in [-0.1, -0.05) is 11.6 Å². The van der Waals surface area contributed by atoms with E-state index in [1.54, 1.807) is 18.4 Å². The van der Waals surface area contributed by atoms with E-state index in [-0.39, 0.29) is 0 Å². The summed E-state index contributed by atoms with van der Waals surface area (Å²) in [4.78, 5) is 11.9. The molecule has 0 aliphatic rings. The molecular weight excluding hydrogens is 306 g/mol. The number of ether oxygens (including phenoxy) is 1. The van der Waals surface area contributed by atoms with Crippen molar-refractivity contribution in [3.05, 3.63) is 46.7 Å². The zero-order valence-corrected chi connectivity index (χ0v) is 13.3. The number of rotatable bonds is 4. The first-order chi connectivity index (χ1) is 10.2. The monoisotopic (exact) mass is 319 g/mol. The second kappa shape index (κ2) is 5.87. The van der Waals surface area contributed by atoms with Crippen molar-refractivity contribution in [1.82, 2.24) is 9.97 Å². The minimum Gasteiger partial charge on any atom is -0.497 e. The molecule has 0 radical (unpaired) electrons. The highest BCUT2D eigenvalue weighted by Crippen LogP contribution is 2.25. The molecule has 0 bridgehead atoms. The Labute approximate surface area is 132 Å². The Kier molecular flexibility index (Phi) is 3.94. The van der Waals surface area contributed by atoms with Crippen molar-refractivity contribution in [3.8, 4) is 5.75 Å². The van der Waals surface area contributed by atoms with Crippen molar-refractivity contribution < 1.29 is 4.74 Å². The highest BCUT2D eigenvalue weighted by atomic mass is 35.5. The zero-order valence-electron chi connectivity index (χ0n) is 11.7. The molecule has 0 spiro atoms. The van der Waals surface area contributed by atoms with Gasteiger partial charge in [0, 0.05) is 18.1 Å². The number of nitrogens with zero attached hydrogens (tertiary/aromatic N) is 3. The van der Waals surface area contributed by atoms with E-state index in [9.17, 15) is 0 Å². The van der Waals surface area contributed by atoms with Crippen molar-refractivity contribution in [3.63, 3.8) is 0 Å². The summed E-state index contributed by atoms with van der Waals surface area (Å²) in [7, 11) is 3.66. The van der Waals surface area contributed by atoms with Gasteiger partial charge < -0.3 is 9.64 Å². The molecule has 0 amide bonds. The standard InChI is InChI=1S/C15H14ClN3OS/c1-19(10-3-5-11(20-2)6-4-10)9-13-17-14(16)12-7-8-21-15(12)18-13/h3-8H,9H2,1-2H3. The number of methoxy groups -OCH3 is 1. The van der Waals surface area contributed by atoms with Gasteiger partial charge in [0.05, 0.1) is 13.7 Å². The summed E-state index contributed by atoms with van der Waals surface area (Å²) in [5.41, 5.74) is 1.07. The fraction of sp³-hybridized carbons (Fsp3) is 0.200. The maximum absolute atomic E-state index is 6.19. The van der Waals surface area contributed by atoms with Gasteiger partial charge in [0.2, 0.25) is 0 Å². The van der Waals surface area contributed by atoms with Crippen LogP contribution in [0, 0.1) is 0 Å². The summed E-state index contributed by atoms with van der Waals surface area (Å²) in [6, 6.07) is 9.82. The lowest BCUT2D eigenvalue weighted by atomic mass is 10.3. The molecule has 21 heavy (non-hydrogen) atoms. The molecular formula is C15H14ClN3OS. The Morgan fingerprint density at radius 3 is 2.67 bits per heavy atom. The number of hydrogen-bond donors (Lipinski definition) is 0. The zero-order chi connectivity index (χ0) is 14.8. The summed E-state index contributed by atoms with van der Waals surface area (Å²) < 4.78 is 5.16. The van der Waals surface area contributed by atoms with E-state index in [0.29, 0.717) is 17.5 Å². The smallest absolute Gasteiger partial charge is 0.151 e. The molecule has 1 aromatic carbocycles. The molecule has 4 nitrogen and oxygen atoms in total. The molecule has 108 valence electrons. The average molecular weight is 320 g/mol. The fourth-order valence-electron chi connectivity index (χ4n) is 2.07. The molecule has 0 saturated heterocycles. The molecule has 3 rings (SSSR count). The number of aromatic nitrogens is 2. The van der Waals surface area contributed by atoms with E-state index in [0.717, 1.165) is 21.7 Å². The van der Waals surface area contributed by atoms with E-state index in [1.165, 1.54) is 0 Å². The van der Waals surface area contributed by atoms with Gasteiger partial charge in [-0.05, 0) is 35.7 Å².